The van der Waals surface area contributed by atoms with Gasteiger partial charge in [-0.15, -0.1) is 11.6 Å². The minimum atomic E-state index is -0.683. The monoisotopic (exact) mass is 304 g/mol. The van der Waals surface area contributed by atoms with Crippen LogP contribution in [-0.2, 0) is 4.74 Å². The van der Waals surface area contributed by atoms with Crippen LogP contribution in [0.4, 0.5) is 0 Å². The normalized spacial score (nSPS) is 12.0. The molecule has 0 aliphatic carbocycles. The number of alkyl halides is 1. The molecule has 1 unspecified atom stereocenters. The van der Waals surface area contributed by atoms with Gasteiger partial charge < -0.3 is 4.74 Å². The molecule has 1 rings (SSSR count). The first-order valence-electron chi connectivity index (χ1n) is 4.54. The van der Waals surface area contributed by atoms with Crippen LogP contribution in [0, 0.1) is 0 Å². The maximum Gasteiger partial charge on any atom is 0.339 e. The molecule has 0 fully saturated rings. The van der Waals surface area contributed by atoms with E-state index in [1.807, 2.05) is 0 Å². The molecule has 0 aliphatic heterocycles. The van der Waals surface area contributed by atoms with Gasteiger partial charge in [0.05, 0.1) is 18.1 Å². The summed E-state index contributed by atoms with van der Waals surface area (Å²) in [4.78, 5) is 23.3. The summed E-state index contributed by atoms with van der Waals surface area (Å²) in [6.45, 7) is 1.56. The molecule has 1 aromatic carbocycles. The molecule has 0 radical (unpaired) electrons. The van der Waals surface area contributed by atoms with Gasteiger partial charge in [-0.1, -0.05) is 12.1 Å². The minimum absolute atomic E-state index is 0.211. The molecule has 16 heavy (non-hydrogen) atoms. The van der Waals surface area contributed by atoms with Gasteiger partial charge in [0, 0.05) is 10.0 Å². The first-order chi connectivity index (χ1) is 7.49. The first kappa shape index (κ1) is 13.2. The van der Waals surface area contributed by atoms with E-state index in [-0.39, 0.29) is 16.9 Å². The number of hydrogen-bond acceptors (Lipinski definition) is 3. The molecule has 5 heteroatoms. The maximum atomic E-state index is 11.8. The maximum absolute atomic E-state index is 11.8. The Labute approximate surface area is 107 Å². The zero-order valence-corrected chi connectivity index (χ0v) is 11.1. The molecule has 0 aliphatic rings. The van der Waals surface area contributed by atoms with Crippen molar-refractivity contribution in [3.8, 4) is 0 Å². The van der Waals surface area contributed by atoms with E-state index in [2.05, 4.69) is 20.7 Å². The lowest BCUT2D eigenvalue weighted by Gasteiger charge is -2.09. The fourth-order valence-electron chi connectivity index (χ4n) is 1.25. The molecule has 0 N–H and O–H groups in total. The van der Waals surface area contributed by atoms with E-state index >= 15 is 0 Å². The van der Waals surface area contributed by atoms with E-state index in [0.717, 1.165) is 0 Å². The van der Waals surface area contributed by atoms with Gasteiger partial charge >= 0.3 is 5.97 Å². The number of methoxy groups -OCH3 is 1. The fourth-order valence-corrected chi connectivity index (χ4v) is 1.90. The van der Waals surface area contributed by atoms with Crippen molar-refractivity contribution in [3.05, 3.63) is 33.8 Å². The van der Waals surface area contributed by atoms with Crippen molar-refractivity contribution in [2.75, 3.05) is 7.11 Å². The summed E-state index contributed by atoms with van der Waals surface area (Å²) in [5, 5.41) is -0.683. The van der Waals surface area contributed by atoms with Crippen LogP contribution >= 0.6 is 27.5 Å². The third-order valence-electron chi connectivity index (χ3n) is 2.03. The molecule has 86 valence electrons. The number of halogens is 2. The van der Waals surface area contributed by atoms with Crippen LogP contribution in [-0.4, -0.2) is 24.2 Å². The van der Waals surface area contributed by atoms with Crippen molar-refractivity contribution in [2.24, 2.45) is 0 Å². The van der Waals surface area contributed by atoms with E-state index in [0.29, 0.717) is 4.47 Å². The average Bonchev–Trinajstić information content (AvgIpc) is 2.26. The van der Waals surface area contributed by atoms with Crippen LogP contribution in [0.3, 0.4) is 0 Å². The summed E-state index contributed by atoms with van der Waals surface area (Å²) >= 11 is 8.93. The Bertz CT molecular complexity index is 429. The zero-order valence-electron chi connectivity index (χ0n) is 8.79. The number of Topliss-reactive ketones (excluding diaryl/α,β-unsaturated/α-hetero) is 1. The number of hydrogen-bond donors (Lipinski definition) is 0. The Morgan fingerprint density at radius 3 is 2.56 bits per heavy atom. The Balaban J connectivity index is 3.34. The molecule has 0 spiro atoms. The Morgan fingerprint density at radius 1 is 1.44 bits per heavy atom. The minimum Gasteiger partial charge on any atom is -0.465 e. The molecule has 0 saturated carbocycles. The Hall–Kier alpha value is -0.870. The van der Waals surface area contributed by atoms with Crippen molar-refractivity contribution < 1.29 is 14.3 Å². The molecule has 0 aromatic heterocycles. The van der Waals surface area contributed by atoms with Gasteiger partial charge in [-0.3, -0.25) is 4.79 Å². The number of ketones is 1. The molecule has 0 saturated heterocycles. The second kappa shape index (κ2) is 5.46. The smallest absolute Gasteiger partial charge is 0.339 e. The highest BCUT2D eigenvalue weighted by Gasteiger charge is 2.22. The first-order valence-corrected chi connectivity index (χ1v) is 5.77. The molecule has 1 aromatic rings. The second-order valence-electron chi connectivity index (χ2n) is 3.13. The highest BCUT2D eigenvalue weighted by molar-refractivity contribution is 9.10. The van der Waals surface area contributed by atoms with Crippen LogP contribution < -0.4 is 0 Å². The van der Waals surface area contributed by atoms with Gasteiger partial charge in [0.25, 0.3) is 0 Å². The van der Waals surface area contributed by atoms with Crippen LogP contribution in [0.2, 0.25) is 0 Å². The van der Waals surface area contributed by atoms with Crippen LogP contribution in [0.15, 0.2) is 22.7 Å². The van der Waals surface area contributed by atoms with E-state index in [9.17, 15) is 9.59 Å². The number of benzene rings is 1. The molecule has 1 atom stereocenters. The number of esters is 1. The third-order valence-corrected chi connectivity index (χ3v) is 2.89. The molecular formula is C11H10BrClO3. The predicted octanol–water partition coefficient (Wildman–Crippen LogP) is 3.05. The quantitative estimate of drug-likeness (QED) is 0.490. The molecule has 0 heterocycles. The number of rotatable bonds is 3. The summed E-state index contributed by atoms with van der Waals surface area (Å²) in [7, 11) is 1.26. The van der Waals surface area contributed by atoms with Crippen LogP contribution in [0.5, 0.6) is 0 Å². The summed E-state index contributed by atoms with van der Waals surface area (Å²) in [5.74, 6) is -0.864. The standard InChI is InChI=1S/C11H10BrClO3/c1-6(13)10(14)7-4-3-5-8(12)9(7)11(15)16-2/h3-6H,1-2H3. The number of carbonyl (C=O) groups is 2. The lowest BCUT2D eigenvalue weighted by atomic mass is 10.0. The van der Waals surface area contributed by atoms with Gasteiger partial charge in [0.1, 0.15) is 0 Å². The zero-order chi connectivity index (χ0) is 12.3. The lowest BCUT2D eigenvalue weighted by molar-refractivity contribution is 0.0596. The molecule has 0 amide bonds. The van der Waals surface area contributed by atoms with Gasteiger partial charge in [-0.05, 0) is 28.9 Å². The highest BCUT2D eigenvalue weighted by Crippen LogP contribution is 2.23. The topological polar surface area (TPSA) is 43.4 Å². The van der Waals surface area contributed by atoms with Crippen LogP contribution in [0.1, 0.15) is 27.6 Å². The SMILES string of the molecule is COC(=O)c1c(Br)cccc1C(=O)C(C)Cl. The largest absolute Gasteiger partial charge is 0.465 e. The van der Waals surface area contributed by atoms with Crippen molar-refractivity contribution >= 4 is 39.3 Å². The Morgan fingerprint density at radius 2 is 2.06 bits per heavy atom. The van der Waals surface area contributed by atoms with E-state index in [4.69, 9.17) is 11.6 Å². The van der Waals surface area contributed by atoms with Crippen molar-refractivity contribution in [1.29, 1.82) is 0 Å². The van der Waals surface area contributed by atoms with Gasteiger partial charge in [-0.25, -0.2) is 4.79 Å². The third kappa shape index (κ3) is 2.62. The summed E-state index contributed by atoms with van der Waals surface area (Å²) < 4.78 is 5.14. The average molecular weight is 306 g/mol. The van der Waals surface area contributed by atoms with Gasteiger partial charge in [0.2, 0.25) is 0 Å². The predicted molar refractivity (Wildman–Crippen MR) is 65.1 cm³/mol. The van der Waals surface area contributed by atoms with Crippen molar-refractivity contribution in [3.63, 3.8) is 0 Å². The highest BCUT2D eigenvalue weighted by atomic mass is 79.9. The summed E-state index contributed by atoms with van der Waals surface area (Å²) in [6, 6.07) is 4.89. The summed E-state index contributed by atoms with van der Waals surface area (Å²) in [6.07, 6.45) is 0. The summed E-state index contributed by atoms with van der Waals surface area (Å²) in [5.41, 5.74) is 0.478. The Kier molecular flexibility index (Phi) is 4.50. The second-order valence-corrected chi connectivity index (χ2v) is 4.64. The van der Waals surface area contributed by atoms with E-state index in [1.54, 1.807) is 25.1 Å². The van der Waals surface area contributed by atoms with E-state index in [1.165, 1.54) is 7.11 Å². The van der Waals surface area contributed by atoms with Crippen LogP contribution in [0.25, 0.3) is 0 Å². The molecular weight excluding hydrogens is 295 g/mol. The van der Waals surface area contributed by atoms with Crippen molar-refractivity contribution in [1.82, 2.24) is 0 Å². The van der Waals surface area contributed by atoms with E-state index < -0.39 is 11.3 Å². The van der Waals surface area contributed by atoms with Crippen molar-refractivity contribution in [2.45, 2.75) is 12.3 Å². The van der Waals surface area contributed by atoms with Gasteiger partial charge in [0.15, 0.2) is 5.78 Å². The number of ether oxygens (including phenoxy) is 1. The molecule has 3 nitrogen and oxygen atoms in total. The molecule has 0 bridgehead atoms. The lowest BCUT2D eigenvalue weighted by Crippen LogP contribution is -2.16. The van der Waals surface area contributed by atoms with Gasteiger partial charge in [-0.2, -0.15) is 0 Å². The number of carbonyl (C=O) groups excluding carboxylic acids is 2. The fraction of sp³-hybridized carbons (Fsp3) is 0.273.